The largest absolute Gasteiger partial charge is 0.478 e. The van der Waals surface area contributed by atoms with Crippen LogP contribution >= 0.6 is 0 Å². The molecule has 0 rings (SSSR count). The van der Waals surface area contributed by atoms with Crippen molar-refractivity contribution in [2.75, 3.05) is 13.2 Å². The molecule has 0 bridgehead atoms. The van der Waals surface area contributed by atoms with Gasteiger partial charge in [-0.05, 0) is 6.08 Å². The lowest BCUT2D eigenvalue weighted by atomic mass is 10.6. The minimum absolute atomic E-state index is 0.125. The zero-order valence-electron chi connectivity index (χ0n) is 7.72. The van der Waals surface area contributed by atoms with E-state index in [0.29, 0.717) is 0 Å². The Kier molecular flexibility index (Phi) is 22.6. The third-order valence-electron chi connectivity index (χ3n) is 0.476. The van der Waals surface area contributed by atoms with Crippen molar-refractivity contribution in [3.63, 3.8) is 0 Å². The van der Waals surface area contributed by atoms with E-state index in [-0.39, 0.29) is 13.2 Å². The van der Waals surface area contributed by atoms with Gasteiger partial charge in [0.2, 0.25) is 5.91 Å². The standard InChI is InChI=1S/C3H5NO.C3H4O2.C2H6O2/c2*1-2-3(4)5;3-1-2-4/h2H,1H2,(H2,4,5);2H,1H2,(H,4,5);3-4H,1-2H2. The molecule has 0 atom stereocenters. The van der Waals surface area contributed by atoms with Crippen molar-refractivity contribution in [1.82, 2.24) is 0 Å². The van der Waals surface area contributed by atoms with Crippen molar-refractivity contribution >= 4 is 11.9 Å². The summed E-state index contributed by atoms with van der Waals surface area (Å²) in [6.07, 6.45) is 1.89. The SMILES string of the molecule is C=CC(=O)O.C=CC(N)=O.OCCO. The number of carbonyl (C=O) groups excluding carboxylic acids is 1. The Morgan fingerprint density at radius 3 is 1.36 bits per heavy atom. The molecule has 5 N–H and O–H groups in total. The third-order valence-corrected chi connectivity index (χ3v) is 0.476. The molecule has 0 aliphatic carbocycles. The maximum absolute atomic E-state index is 9.47. The molecule has 0 radical (unpaired) electrons. The minimum Gasteiger partial charge on any atom is -0.478 e. The van der Waals surface area contributed by atoms with Gasteiger partial charge in [0, 0.05) is 6.08 Å². The highest BCUT2D eigenvalue weighted by Gasteiger charge is 1.73. The number of rotatable bonds is 3. The molecule has 0 aromatic rings. The van der Waals surface area contributed by atoms with Crippen molar-refractivity contribution in [3.05, 3.63) is 25.3 Å². The molecule has 0 aromatic heterocycles. The molecule has 0 saturated carbocycles. The smallest absolute Gasteiger partial charge is 0.327 e. The molecule has 0 aliphatic rings. The Labute approximate surface area is 82.0 Å². The molecule has 1 amide bonds. The number of carbonyl (C=O) groups is 2. The zero-order chi connectivity index (χ0) is 12.0. The van der Waals surface area contributed by atoms with Crippen LogP contribution in [0.4, 0.5) is 0 Å². The lowest BCUT2D eigenvalue weighted by molar-refractivity contribution is -0.131. The molecule has 0 unspecified atom stereocenters. The molecule has 0 heterocycles. The van der Waals surface area contributed by atoms with Crippen molar-refractivity contribution in [1.29, 1.82) is 0 Å². The highest BCUT2D eigenvalue weighted by atomic mass is 16.4. The van der Waals surface area contributed by atoms with Crippen LogP contribution in [0, 0.1) is 0 Å². The van der Waals surface area contributed by atoms with E-state index in [9.17, 15) is 9.59 Å². The Balaban J connectivity index is -0.000000131. The molecule has 0 aliphatic heterocycles. The number of primary amides is 1. The first-order chi connectivity index (χ1) is 6.45. The van der Waals surface area contributed by atoms with Gasteiger partial charge < -0.3 is 21.1 Å². The van der Waals surface area contributed by atoms with Crippen molar-refractivity contribution in [2.45, 2.75) is 0 Å². The third kappa shape index (κ3) is 80.9. The molecule has 6 nitrogen and oxygen atoms in total. The molecular weight excluding hydrogens is 190 g/mol. The Hall–Kier alpha value is -1.66. The number of amides is 1. The van der Waals surface area contributed by atoms with E-state index in [4.69, 9.17) is 15.3 Å². The van der Waals surface area contributed by atoms with Crippen LogP contribution in [0.15, 0.2) is 25.3 Å². The number of carboxylic acids is 1. The second-order valence-corrected chi connectivity index (χ2v) is 1.60. The summed E-state index contributed by atoms with van der Waals surface area (Å²) in [5.74, 6) is -1.46. The van der Waals surface area contributed by atoms with Gasteiger partial charge in [-0.3, -0.25) is 4.79 Å². The van der Waals surface area contributed by atoms with E-state index in [0.717, 1.165) is 12.2 Å². The topological polar surface area (TPSA) is 121 Å². The fourth-order valence-electron chi connectivity index (χ4n) is 0. The van der Waals surface area contributed by atoms with Gasteiger partial charge in [0.25, 0.3) is 0 Å². The van der Waals surface area contributed by atoms with Crippen molar-refractivity contribution in [2.24, 2.45) is 5.73 Å². The second kappa shape index (κ2) is 17.4. The van der Waals surface area contributed by atoms with E-state index in [1.807, 2.05) is 0 Å². The summed E-state index contributed by atoms with van der Waals surface area (Å²) >= 11 is 0. The minimum atomic E-state index is -0.981. The number of aliphatic hydroxyl groups excluding tert-OH is 2. The lowest BCUT2D eigenvalue weighted by Crippen LogP contribution is -2.04. The summed E-state index contributed by atoms with van der Waals surface area (Å²) in [6, 6.07) is 0. The molecule has 82 valence electrons. The van der Waals surface area contributed by atoms with Crippen LogP contribution in [-0.4, -0.2) is 40.4 Å². The maximum atomic E-state index is 9.47. The van der Waals surface area contributed by atoms with E-state index in [1.54, 1.807) is 0 Å². The first-order valence-corrected chi connectivity index (χ1v) is 3.45. The van der Waals surface area contributed by atoms with Gasteiger partial charge in [-0.25, -0.2) is 4.79 Å². The van der Waals surface area contributed by atoms with Crippen LogP contribution in [0.2, 0.25) is 0 Å². The number of nitrogens with two attached hydrogens (primary N) is 1. The molecule has 0 aromatic carbocycles. The zero-order valence-corrected chi connectivity index (χ0v) is 7.72. The van der Waals surface area contributed by atoms with Gasteiger partial charge in [0.15, 0.2) is 0 Å². The van der Waals surface area contributed by atoms with Crippen LogP contribution < -0.4 is 5.73 Å². The van der Waals surface area contributed by atoms with E-state index >= 15 is 0 Å². The van der Waals surface area contributed by atoms with Crippen LogP contribution in [0.5, 0.6) is 0 Å². The molecule has 14 heavy (non-hydrogen) atoms. The van der Waals surface area contributed by atoms with Gasteiger partial charge in [0.1, 0.15) is 0 Å². The maximum Gasteiger partial charge on any atom is 0.327 e. The number of hydrogen-bond acceptors (Lipinski definition) is 4. The number of hydrogen-bond donors (Lipinski definition) is 4. The Morgan fingerprint density at radius 1 is 1.14 bits per heavy atom. The Bertz CT molecular complexity index is 159. The highest BCUT2D eigenvalue weighted by Crippen LogP contribution is 1.54. The first-order valence-electron chi connectivity index (χ1n) is 3.45. The second-order valence-electron chi connectivity index (χ2n) is 1.60. The molecule has 0 saturated heterocycles. The monoisotopic (exact) mass is 205 g/mol. The average molecular weight is 205 g/mol. The number of aliphatic hydroxyl groups is 2. The van der Waals surface area contributed by atoms with Crippen molar-refractivity contribution < 1.29 is 24.9 Å². The summed E-state index contributed by atoms with van der Waals surface area (Å²) < 4.78 is 0. The van der Waals surface area contributed by atoms with Crippen LogP contribution in [0.1, 0.15) is 0 Å². The van der Waals surface area contributed by atoms with Gasteiger partial charge in [-0.1, -0.05) is 13.2 Å². The Morgan fingerprint density at radius 2 is 1.36 bits per heavy atom. The van der Waals surface area contributed by atoms with Gasteiger partial charge in [-0.15, -0.1) is 0 Å². The van der Waals surface area contributed by atoms with Gasteiger partial charge in [0.05, 0.1) is 13.2 Å². The lowest BCUT2D eigenvalue weighted by Gasteiger charge is -1.70. The van der Waals surface area contributed by atoms with E-state index < -0.39 is 11.9 Å². The summed E-state index contributed by atoms with van der Waals surface area (Å²) in [6.45, 7) is 5.80. The van der Waals surface area contributed by atoms with Crippen LogP contribution in [0.25, 0.3) is 0 Å². The van der Waals surface area contributed by atoms with Crippen LogP contribution in [-0.2, 0) is 9.59 Å². The fourth-order valence-corrected chi connectivity index (χ4v) is 0. The molecule has 6 heteroatoms. The molecule has 0 spiro atoms. The summed E-state index contributed by atoms with van der Waals surface area (Å²) in [7, 11) is 0. The first kappa shape index (κ1) is 18.2. The number of aliphatic carboxylic acids is 1. The highest BCUT2D eigenvalue weighted by molar-refractivity contribution is 5.84. The predicted octanol–water partition coefficient (Wildman–Crippen LogP) is -1.11. The van der Waals surface area contributed by atoms with Crippen molar-refractivity contribution in [3.8, 4) is 0 Å². The summed E-state index contributed by atoms with van der Waals surface area (Å²) in [4.78, 5) is 18.7. The normalized spacial score (nSPS) is 6.71. The van der Waals surface area contributed by atoms with Gasteiger partial charge in [-0.2, -0.15) is 0 Å². The van der Waals surface area contributed by atoms with E-state index in [2.05, 4.69) is 18.9 Å². The molecular formula is C8H15NO5. The average Bonchev–Trinajstić information content (AvgIpc) is 2.19. The van der Waals surface area contributed by atoms with Gasteiger partial charge >= 0.3 is 5.97 Å². The van der Waals surface area contributed by atoms with Crippen LogP contribution in [0.3, 0.4) is 0 Å². The molecule has 0 fully saturated rings. The summed E-state index contributed by atoms with van der Waals surface area (Å²) in [5, 5.41) is 22.9. The van der Waals surface area contributed by atoms with E-state index in [1.165, 1.54) is 0 Å². The predicted molar refractivity (Wildman–Crippen MR) is 51.4 cm³/mol. The summed E-state index contributed by atoms with van der Waals surface area (Å²) in [5.41, 5.74) is 4.53. The number of carboxylic acid groups (broad SMARTS) is 1. The quantitative estimate of drug-likeness (QED) is 0.435. The fraction of sp³-hybridized carbons (Fsp3) is 0.250.